The summed E-state index contributed by atoms with van der Waals surface area (Å²) in [6, 6.07) is 5.02. The number of aryl methyl sites for hydroxylation is 1. The number of nitrogens with two attached hydrogens (primary N) is 1. The summed E-state index contributed by atoms with van der Waals surface area (Å²) in [6.45, 7) is 4.25. The molecule has 0 atom stereocenters. The van der Waals surface area contributed by atoms with Crippen LogP contribution in [0.2, 0.25) is 0 Å². The summed E-state index contributed by atoms with van der Waals surface area (Å²) in [5.41, 5.74) is 6.50. The Labute approximate surface area is 117 Å². The Kier molecular flexibility index (Phi) is 4.05. The van der Waals surface area contributed by atoms with Gasteiger partial charge in [-0.3, -0.25) is 9.40 Å². The van der Waals surface area contributed by atoms with Crippen LogP contribution in [0.4, 0.5) is 5.82 Å². The van der Waals surface area contributed by atoms with E-state index in [1.807, 2.05) is 0 Å². The van der Waals surface area contributed by atoms with E-state index in [4.69, 9.17) is 5.73 Å². The average molecular weight is 295 g/mol. The zero-order valence-electron chi connectivity index (χ0n) is 11.4. The molecule has 0 bridgehead atoms. The molecule has 0 saturated heterocycles. The summed E-state index contributed by atoms with van der Waals surface area (Å²) in [6.07, 6.45) is 1.52. The first-order valence-corrected chi connectivity index (χ1v) is 7.62. The molecular formula is C12H17N5O2S. The zero-order valence-corrected chi connectivity index (χ0v) is 12.2. The van der Waals surface area contributed by atoms with Gasteiger partial charge in [0, 0.05) is 12.7 Å². The van der Waals surface area contributed by atoms with Gasteiger partial charge in [0.15, 0.2) is 0 Å². The van der Waals surface area contributed by atoms with Crippen LogP contribution in [0, 0.1) is 13.8 Å². The van der Waals surface area contributed by atoms with Crippen LogP contribution in [0.15, 0.2) is 29.3 Å². The molecule has 0 fully saturated rings. The van der Waals surface area contributed by atoms with Crippen LogP contribution in [0.25, 0.3) is 0 Å². The van der Waals surface area contributed by atoms with Crippen LogP contribution < -0.4 is 10.5 Å². The van der Waals surface area contributed by atoms with Crippen molar-refractivity contribution >= 4 is 15.8 Å². The zero-order chi connectivity index (χ0) is 14.8. The highest BCUT2D eigenvalue weighted by atomic mass is 32.2. The maximum absolute atomic E-state index is 12.4. The number of anilines is 1. The third kappa shape index (κ3) is 2.81. The molecule has 0 saturated carbocycles. The Morgan fingerprint density at radius 2 is 2.10 bits per heavy atom. The minimum absolute atomic E-state index is 0.177. The molecule has 8 heteroatoms. The lowest BCUT2D eigenvalue weighted by molar-refractivity contribution is 0.593. The van der Waals surface area contributed by atoms with Gasteiger partial charge in [0.05, 0.1) is 17.9 Å². The fourth-order valence-corrected chi connectivity index (χ4v) is 3.44. The molecule has 0 spiro atoms. The molecule has 0 amide bonds. The van der Waals surface area contributed by atoms with Crippen molar-refractivity contribution in [2.45, 2.75) is 25.3 Å². The van der Waals surface area contributed by atoms with Gasteiger partial charge in [-0.2, -0.15) is 5.10 Å². The van der Waals surface area contributed by atoms with E-state index in [0.29, 0.717) is 24.5 Å². The van der Waals surface area contributed by atoms with Gasteiger partial charge in [0.1, 0.15) is 10.7 Å². The van der Waals surface area contributed by atoms with Gasteiger partial charge in [-0.25, -0.2) is 13.4 Å². The number of nitrogens with one attached hydrogen (secondary N) is 1. The lowest BCUT2D eigenvalue weighted by Crippen LogP contribution is -2.16. The fourth-order valence-electron chi connectivity index (χ4n) is 2.02. The summed E-state index contributed by atoms with van der Waals surface area (Å²) in [5, 5.41) is 4.20. The highest BCUT2D eigenvalue weighted by Gasteiger charge is 2.24. The van der Waals surface area contributed by atoms with Crippen molar-refractivity contribution in [3.8, 4) is 0 Å². The molecule has 0 aromatic carbocycles. The Hall–Kier alpha value is -1.93. The van der Waals surface area contributed by atoms with E-state index in [9.17, 15) is 8.42 Å². The second kappa shape index (κ2) is 5.59. The minimum atomic E-state index is -3.71. The topological polar surface area (TPSA) is 103 Å². The first-order chi connectivity index (χ1) is 9.45. The predicted octanol–water partition coefficient (Wildman–Crippen LogP) is 0.654. The SMILES string of the molecule is Cc1nn(CCN)c(C)c1S(=O)(=O)Nc1ccccn1. The Morgan fingerprint density at radius 1 is 1.35 bits per heavy atom. The normalized spacial score (nSPS) is 11.6. The third-order valence-electron chi connectivity index (χ3n) is 2.83. The molecule has 2 aromatic rings. The van der Waals surface area contributed by atoms with Crippen molar-refractivity contribution in [3.63, 3.8) is 0 Å². The summed E-state index contributed by atoms with van der Waals surface area (Å²) in [4.78, 5) is 4.13. The van der Waals surface area contributed by atoms with E-state index in [1.165, 1.54) is 6.20 Å². The molecule has 0 aliphatic rings. The molecule has 2 rings (SSSR count). The van der Waals surface area contributed by atoms with Gasteiger partial charge < -0.3 is 5.73 Å². The lowest BCUT2D eigenvalue weighted by Gasteiger charge is -2.07. The molecule has 2 aromatic heterocycles. The minimum Gasteiger partial charge on any atom is -0.329 e. The molecule has 0 aliphatic carbocycles. The van der Waals surface area contributed by atoms with E-state index in [2.05, 4.69) is 14.8 Å². The standard InChI is InChI=1S/C12H17N5O2S/c1-9-12(10(2)17(15-9)8-6-13)20(18,19)16-11-5-3-4-7-14-11/h3-5,7H,6,8,13H2,1-2H3,(H,14,16). The number of pyridine rings is 1. The summed E-state index contributed by atoms with van der Waals surface area (Å²) < 4.78 is 28.9. The fraction of sp³-hybridized carbons (Fsp3) is 0.333. The van der Waals surface area contributed by atoms with Gasteiger partial charge in [0.2, 0.25) is 0 Å². The highest BCUT2D eigenvalue weighted by molar-refractivity contribution is 7.92. The molecular weight excluding hydrogens is 278 g/mol. The molecule has 7 nitrogen and oxygen atoms in total. The largest absolute Gasteiger partial charge is 0.329 e. The van der Waals surface area contributed by atoms with Crippen LogP contribution in [-0.2, 0) is 16.6 Å². The first kappa shape index (κ1) is 14.5. The molecule has 0 aliphatic heterocycles. The maximum atomic E-state index is 12.4. The monoisotopic (exact) mass is 295 g/mol. The first-order valence-electron chi connectivity index (χ1n) is 6.13. The Bertz CT molecular complexity index is 694. The van der Waals surface area contributed by atoms with Gasteiger partial charge in [0.25, 0.3) is 10.0 Å². The predicted molar refractivity (Wildman–Crippen MR) is 75.8 cm³/mol. The summed E-state index contributed by atoms with van der Waals surface area (Å²) in [7, 11) is -3.71. The van der Waals surface area contributed by atoms with Crippen LogP contribution in [0.3, 0.4) is 0 Å². The smallest absolute Gasteiger partial charge is 0.266 e. The molecule has 0 radical (unpaired) electrons. The van der Waals surface area contributed by atoms with Gasteiger partial charge in [-0.15, -0.1) is 0 Å². The average Bonchev–Trinajstić information content (AvgIpc) is 2.66. The van der Waals surface area contributed by atoms with Crippen LogP contribution in [0.1, 0.15) is 11.4 Å². The van der Waals surface area contributed by atoms with E-state index < -0.39 is 10.0 Å². The number of aromatic nitrogens is 3. The molecule has 108 valence electrons. The number of rotatable bonds is 5. The van der Waals surface area contributed by atoms with Crippen LogP contribution in [0.5, 0.6) is 0 Å². The number of nitrogens with zero attached hydrogens (tertiary/aromatic N) is 3. The second-order valence-corrected chi connectivity index (χ2v) is 5.95. The van der Waals surface area contributed by atoms with Gasteiger partial charge >= 0.3 is 0 Å². The van der Waals surface area contributed by atoms with Crippen molar-refractivity contribution < 1.29 is 8.42 Å². The number of hydrogen-bond acceptors (Lipinski definition) is 5. The molecule has 3 N–H and O–H groups in total. The third-order valence-corrected chi connectivity index (χ3v) is 4.43. The van der Waals surface area contributed by atoms with E-state index >= 15 is 0 Å². The quantitative estimate of drug-likeness (QED) is 0.843. The van der Waals surface area contributed by atoms with E-state index in [0.717, 1.165) is 0 Å². The van der Waals surface area contributed by atoms with Crippen molar-refractivity contribution in [1.29, 1.82) is 0 Å². The van der Waals surface area contributed by atoms with Crippen molar-refractivity contribution in [1.82, 2.24) is 14.8 Å². The number of hydrogen-bond donors (Lipinski definition) is 2. The number of sulfonamides is 1. The Morgan fingerprint density at radius 3 is 2.70 bits per heavy atom. The maximum Gasteiger partial charge on any atom is 0.266 e. The van der Waals surface area contributed by atoms with E-state index in [-0.39, 0.29) is 10.7 Å². The van der Waals surface area contributed by atoms with Crippen molar-refractivity contribution in [3.05, 3.63) is 35.8 Å². The van der Waals surface area contributed by atoms with Crippen LogP contribution in [-0.4, -0.2) is 29.7 Å². The van der Waals surface area contributed by atoms with E-state index in [1.54, 1.807) is 36.7 Å². The van der Waals surface area contributed by atoms with Crippen molar-refractivity contribution in [2.75, 3.05) is 11.3 Å². The van der Waals surface area contributed by atoms with Crippen molar-refractivity contribution in [2.24, 2.45) is 5.73 Å². The van der Waals surface area contributed by atoms with Gasteiger partial charge in [-0.1, -0.05) is 6.07 Å². The lowest BCUT2D eigenvalue weighted by atomic mass is 10.4. The molecule has 0 unspecified atom stereocenters. The molecule has 20 heavy (non-hydrogen) atoms. The van der Waals surface area contributed by atoms with Gasteiger partial charge in [-0.05, 0) is 26.0 Å². The summed E-state index contributed by atoms with van der Waals surface area (Å²) in [5.74, 6) is 0.276. The molecule has 2 heterocycles. The Balaban J connectivity index is 2.40. The summed E-state index contributed by atoms with van der Waals surface area (Å²) >= 11 is 0. The van der Waals surface area contributed by atoms with Crippen LogP contribution >= 0.6 is 0 Å². The second-order valence-electron chi connectivity index (χ2n) is 4.33. The highest BCUT2D eigenvalue weighted by Crippen LogP contribution is 2.21.